The summed E-state index contributed by atoms with van der Waals surface area (Å²) in [6, 6.07) is 4.56. The number of unbranched alkanes of at least 4 members (excludes halogenated alkanes) is 1. The van der Waals surface area contributed by atoms with E-state index in [1.807, 2.05) is 0 Å². The molecular weight excluding hydrogens is 208 g/mol. The maximum Gasteiger partial charge on any atom is 0.129 e. The largest absolute Gasteiger partial charge is 0.314 e. The van der Waals surface area contributed by atoms with E-state index in [4.69, 9.17) is 0 Å². The van der Waals surface area contributed by atoms with Gasteiger partial charge in [-0.15, -0.1) is 0 Å². The van der Waals surface area contributed by atoms with Gasteiger partial charge >= 0.3 is 0 Å². The molecule has 1 fully saturated rings. The van der Waals surface area contributed by atoms with Gasteiger partial charge in [-0.3, -0.25) is 0 Å². The van der Waals surface area contributed by atoms with Crippen molar-refractivity contribution in [3.05, 3.63) is 35.4 Å². The van der Waals surface area contributed by atoms with Crippen LogP contribution in [0.5, 0.6) is 0 Å². The van der Waals surface area contributed by atoms with Crippen molar-refractivity contribution in [3.63, 3.8) is 0 Å². The van der Waals surface area contributed by atoms with E-state index in [9.17, 15) is 8.78 Å². The van der Waals surface area contributed by atoms with E-state index in [2.05, 4.69) is 5.32 Å². The quantitative estimate of drug-likeness (QED) is 0.734. The highest BCUT2D eigenvalue weighted by Gasteiger charge is 2.19. The molecule has 1 aromatic carbocycles. The molecule has 88 valence electrons. The van der Waals surface area contributed by atoms with E-state index >= 15 is 0 Å². The van der Waals surface area contributed by atoms with Crippen molar-refractivity contribution in [3.8, 4) is 0 Å². The van der Waals surface area contributed by atoms with Gasteiger partial charge in [-0.05, 0) is 50.3 Å². The standard InChI is InChI=1S/C13H17F2N/c14-11-5-4-10(13(15)9-11)3-1-2-8-16-12-6-7-12/h4-5,9,12,16H,1-3,6-8H2. The van der Waals surface area contributed by atoms with E-state index < -0.39 is 11.6 Å². The Bertz CT molecular complexity index is 348. The van der Waals surface area contributed by atoms with Crippen LogP contribution in [0.15, 0.2) is 18.2 Å². The van der Waals surface area contributed by atoms with Gasteiger partial charge in [0.05, 0.1) is 0 Å². The first-order valence-electron chi connectivity index (χ1n) is 5.93. The molecule has 1 aliphatic carbocycles. The minimum absolute atomic E-state index is 0.421. The first-order valence-corrected chi connectivity index (χ1v) is 5.93. The van der Waals surface area contributed by atoms with Crippen molar-refractivity contribution in [2.24, 2.45) is 0 Å². The Morgan fingerprint density at radius 3 is 2.69 bits per heavy atom. The molecule has 0 amide bonds. The van der Waals surface area contributed by atoms with Crippen LogP contribution >= 0.6 is 0 Å². The van der Waals surface area contributed by atoms with Crippen LogP contribution in [-0.4, -0.2) is 12.6 Å². The molecule has 1 nitrogen and oxygen atoms in total. The topological polar surface area (TPSA) is 12.0 Å². The average Bonchev–Trinajstić information content (AvgIpc) is 3.04. The molecule has 16 heavy (non-hydrogen) atoms. The van der Waals surface area contributed by atoms with Gasteiger partial charge in [-0.1, -0.05) is 6.07 Å². The average molecular weight is 225 g/mol. The summed E-state index contributed by atoms with van der Waals surface area (Å²) in [5.41, 5.74) is 0.618. The molecule has 0 aliphatic heterocycles. The molecule has 1 N–H and O–H groups in total. The predicted molar refractivity (Wildman–Crippen MR) is 60.3 cm³/mol. The molecule has 0 spiro atoms. The van der Waals surface area contributed by atoms with E-state index in [1.54, 1.807) is 6.07 Å². The van der Waals surface area contributed by atoms with Crippen molar-refractivity contribution in [1.82, 2.24) is 5.32 Å². The second-order valence-corrected chi connectivity index (χ2v) is 4.42. The van der Waals surface area contributed by atoms with Crippen LogP contribution < -0.4 is 5.32 Å². The summed E-state index contributed by atoms with van der Waals surface area (Å²) in [6.07, 6.45) is 5.28. The second-order valence-electron chi connectivity index (χ2n) is 4.42. The molecule has 0 radical (unpaired) electrons. The van der Waals surface area contributed by atoms with E-state index in [0.29, 0.717) is 12.0 Å². The van der Waals surface area contributed by atoms with Gasteiger partial charge in [-0.2, -0.15) is 0 Å². The zero-order chi connectivity index (χ0) is 11.4. The molecule has 3 heteroatoms. The molecular formula is C13H17F2N. The smallest absolute Gasteiger partial charge is 0.129 e. The number of rotatable bonds is 6. The summed E-state index contributed by atoms with van der Waals surface area (Å²) < 4.78 is 25.9. The minimum atomic E-state index is -0.503. The molecule has 0 heterocycles. The SMILES string of the molecule is Fc1ccc(CCCCNC2CC2)c(F)c1. The molecule has 2 rings (SSSR count). The van der Waals surface area contributed by atoms with Crippen LogP contribution in [0.1, 0.15) is 31.2 Å². The van der Waals surface area contributed by atoms with Crippen molar-refractivity contribution >= 4 is 0 Å². The van der Waals surface area contributed by atoms with Gasteiger partial charge in [0.2, 0.25) is 0 Å². The highest BCUT2D eigenvalue weighted by Crippen LogP contribution is 2.18. The molecule has 0 unspecified atom stereocenters. The molecule has 0 saturated heterocycles. The highest BCUT2D eigenvalue weighted by atomic mass is 19.1. The molecule has 1 saturated carbocycles. The number of halogens is 2. The summed E-state index contributed by atoms with van der Waals surface area (Å²) in [4.78, 5) is 0. The first-order chi connectivity index (χ1) is 7.75. The Labute approximate surface area is 94.9 Å². The summed E-state index contributed by atoms with van der Waals surface area (Å²) in [6.45, 7) is 1.01. The lowest BCUT2D eigenvalue weighted by Crippen LogP contribution is -2.17. The Morgan fingerprint density at radius 2 is 2.00 bits per heavy atom. The fourth-order valence-electron chi connectivity index (χ4n) is 1.76. The number of benzene rings is 1. The Balaban J connectivity index is 1.67. The van der Waals surface area contributed by atoms with Crippen LogP contribution in [0.3, 0.4) is 0 Å². The fraction of sp³-hybridized carbons (Fsp3) is 0.538. The zero-order valence-electron chi connectivity index (χ0n) is 9.31. The number of hydrogen-bond acceptors (Lipinski definition) is 1. The van der Waals surface area contributed by atoms with Gasteiger partial charge in [-0.25, -0.2) is 8.78 Å². The maximum absolute atomic E-state index is 13.2. The molecule has 0 aromatic heterocycles. The number of aryl methyl sites for hydroxylation is 1. The minimum Gasteiger partial charge on any atom is -0.314 e. The van der Waals surface area contributed by atoms with Gasteiger partial charge < -0.3 is 5.32 Å². The maximum atomic E-state index is 13.2. The van der Waals surface area contributed by atoms with Crippen molar-refractivity contribution < 1.29 is 8.78 Å². The lowest BCUT2D eigenvalue weighted by molar-refractivity contribution is 0.562. The zero-order valence-corrected chi connectivity index (χ0v) is 9.31. The van der Waals surface area contributed by atoms with Crippen LogP contribution in [-0.2, 0) is 6.42 Å². The second kappa shape index (κ2) is 5.39. The molecule has 1 aromatic rings. The monoisotopic (exact) mass is 225 g/mol. The Hall–Kier alpha value is -0.960. The lowest BCUT2D eigenvalue weighted by atomic mass is 10.1. The molecule has 0 atom stereocenters. The first kappa shape index (κ1) is 11.5. The van der Waals surface area contributed by atoms with E-state index in [1.165, 1.54) is 18.9 Å². The van der Waals surface area contributed by atoms with E-state index in [-0.39, 0.29) is 0 Å². The molecule has 1 aliphatic rings. The summed E-state index contributed by atoms with van der Waals surface area (Å²) in [7, 11) is 0. The predicted octanol–water partition coefficient (Wildman–Crippen LogP) is 3.04. The third-order valence-electron chi connectivity index (χ3n) is 2.90. The van der Waals surface area contributed by atoms with Gasteiger partial charge in [0, 0.05) is 12.1 Å². The van der Waals surface area contributed by atoms with Crippen LogP contribution in [0.25, 0.3) is 0 Å². The Morgan fingerprint density at radius 1 is 1.19 bits per heavy atom. The normalized spacial score (nSPS) is 15.4. The number of hydrogen-bond donors (Lipinski definition) is 1. The summed E-state index contributed by atoms with van der Waals surface area (Å²) in [5.74, 6) is -0.924. The van der Waals surface area contributed by atoms with Crippen LogP contribution in [0.2, 0.25) is 0 Å². The highest BCUT2D eigenvalue weighted by molar-refractivity contribution is 5.18. The van der Waals surface area contributed by atoms with E-state index in [0.717, 1.165) is 31.5 Å². The third-order valence-corrected chi connectivity index (χ3v) is 2.90. The van der Waals surface area contributed by atoms with Crippen molar-refractivity contribution in [1.29, 1.82) is 0 Å². The van der Waals surface area contributed by atoms with Gasteiger partial charge in [0.15, 0.2) is 0 Å². The van der Waals surface area contributed by atoms with Crippen LogP contribution in [0, 0.1) is 11.6 Å². The van der Waals surface area contributed by atoms with Crippen molar-refractivity contribution in [2.45, 2.75) is 38.1 Å². The summed E-state index contributed by atoms with van der Waals surface area (Å²) in [5, 5.41) is 3.41. The van der Waals surface area contributed by atoms with Gasteiger partial charge in [0.1, 0.15) is 11.6 Å². The lowest BCUT2D eigenvalue weighted by Gasteiger charge is -2.04. The molecule has 0 bridgehead atoms. The van der Waals surface area contributed by atoms with Crippen molar-refractivity contribution in [2.75, 3.05) is 6.54 Å². The Kier molecular flexibility index (Phi) is 3.88. The summed E-state index contributed by atoms with van der Waals surface area (Å²) >= 11 is 0. The fourth-order valence-corrected chi connectivity index (χ4v) is 1.76. The third kappa shape index (κ3) is 3.56. The van der Waals surface area contributed by atoms with Gasteiger partial charge in [0.25, 0.3) is 0 Å². The number of nitrogens with one attached hydrogen (secondary N) is 1. The van der Waals surface area contributed by atoms with Crippen LogP contribution in [0.4, 0.5) is 8.78 Å².